The van der Waals surface area contributed by atoms with Gasteiger partial charge in [0.25, 0.3) is 5.91 Å². The number of rotatable bonds is 5. The number of aromatic hydroxyl groups is 1. The number of primary amides is 1. The van der Waals surface area contributed by atoms with E-state index < -0.39 is 81.8 Å². The Hall–Kier alpha value is -3.80. The molecule has 10 nitrogen and oxygen atoms in total. The van der Waals surface area contributed by atoms with E-state index in [0.29, 0.717) is 5.56 Å². The van der Waals surface area contributed by atoms with Crippen molar-refractivity contribution in [3.8, 4) is 5.75 Å². The van der Waals surface area contributed by atoms with Gasteiger partial charge in [0.2, 0.25) is 5.78 Å². The molecule has 0 aromatic heterocycles. The molecule has 2 aromatic carbocycles. The van der Waals surface area contributed by atoms with Gasteiger partial charge in [-0.2, -0.15) is 0 Å². The molecule has 3 aliphatic carbocycles. The number of phenolic OH excluding ortho intramolecular Hbond substituents is 1. The van der Waals surface area contributed by atoms with Crippen LogP contribution in [-0.2, 0) is 25.6 Å². The quantitative estimate of drug-likeness (QED) is 0.280. The number of halogens is 1. The second-order valence-corrected chi connectivity index (χ2v) is 11.0. The summed E-state index contributed by atoms with van der Waals surface area (Å²) in [6.45, 7) is 0. The van der Waals surface area contributed by atoms with Crippen LogP contribution in [0.25, 0.3) is 5.76 Å². The summed E-state index contributed by atoms with van der Waals surface area (Å²) in [6, 6.07) is 11.1. The number of fused-ring (bicyclic) bond motifs is 3. The molecule has 1 amide bonds. The lowest BCUT2D eigenvalue weighted by atomic mass is 9.53. The van der Waals surface area contributed by atoms with Gasteiger partial charge in [0.05, 0.1) is 11.7 Å². The minimum absolute atomic E-state index is 0.0452. The molecule has 39 heavy (non-hydrogen) atoms. The Balaban J connectivity index is 1.68. The molecule has 0 aliphatic heterocycles. The van der Waals surface area contributed by atoms with Crippen LogP contribution < -0.4 is 5.73 Å². The lowest BCUT2D eigenvalue weighted by Gasteiger charge is -2.51. The highest BCUT2D eigenvalue weighted by Gasteiger charge is 2.65. The van der Waals surface area contributed by atoms with E-state index in [-0.39, 0.29) is 29.8 Å². The van der Waals surface area contributed by atoms with Crippen LogP contribution in [0.2, 0.25) is 0 Å². The number of aliphatic hydroxyl groups is 4. The van der Waals surface area contributed by atoms with E-state index in [2.05, 4.69) is 15.9 Å². The molecule has 5 atom stereocenters. The summed E-state index contributed by atoms with van der Waals surface area (Å²) in [5, 5.41) is 55.7. The fraction of sp³-hybridized carbons (Fsp3) is 0.286. The Morgan fingerprint density at radius 1 is 1.05 bits per heavy atom. The van der Waals surface area contributed by atoms with Gasteiger partial charge in [-0.05, 0) is 35.2 Å². The van der Waals surface area contributed by atoms with Gasteiger partial charge in [0.1, 0.15) is 28.6 Å². The first-order chi connectivity index (χ1) is 18.4. The first kappa shape index (κ1) is 26.8. The number of hydrogen-bond acceptors (Lipinski definition) is 9. The van der Waals surface area contributed by atoms with E-state index in [9.17, 15) is 44.7 Å². The minimum atomic E-state index is -2.89. The van der Waals surface area contributed by atoms with Gasteiger partial charge in [-0.25, -0.2) is 0 Å². The third-order valence-electron chi connectivity index (χ3n) is 7.97. The van der Waals surface area contributed by atoms with Crippen molar-refractivity contribution in [1.29, 1.82) is 0 Å². The lowest BCUT2D eigenvalue weighted by Crippen LogP contribution is -2.62. The van der Waals surface area contributed by atoms with Crippen molar-refractivity contribution in [3.63, 3.8) is 0 Å². The van der Waals surface area contributed by atoms with Crippen LogP contribution >= 0.6 is 15.9 Å². The molecular formula is C28H24BrNO9. The molecule has 1 saturated carbocycles. The summed E-state index contributed by atoms with van der Waals surface area (Å²) < 4.78 is 0.806. The van der Waals surface area contributed by atoms with Gasteiger partial charge in [-0.1, -0.05) is 40.2 Å². The Kier molecular flexibility index (Phi) is 6.48. The number of benzene rings is 2. The van der Waals surface area contributed by atoms with Crippen molar-refractivity contribution in [2.24, 2.45) is 23.5 Å². The zero-order chi connectivity index (χ0) is 28.4. The summed E-state index contributed by atoms with van der Waals surface area (Å²) in [6.07, 6.45) is -2.53. The molecule has 0 spiro atoms. The average Bonchev–Trinajstić information content (AvgIpc) is 2.87. The van der Waals surface area contributed by atoms with Crippen LogP contribution in [0.3, 0.4) is 0 Å². The fourth-order valence-electron chi connectivity index (χ4n) is 6.24. The van der Waals surface area contributed by atoms with E-state index in [4.69, 9.17) is 5.73 Å². The van der Waals surface area contributed by atoms with Crippen LogP contribution in [-0.4, -0.2) is 54.4 Å². The number of carbonyl (C=O) groups excluding carboxylic acids is 4. The fourth-order valence-corrected chi connectivity index (χ4v) is 6.51. The first-order valence-electron chi connectivity index (χ1n) is 12.1. The topological polar surface area (TPSA) is 195 Å². The van der Waals surface area contributed by atoms with E-state index in [1.165, 1.54) is 18.2 Å². The number of carbonyl (C=O) groups is 4. The standard InChI is InChI=1S/C28H24BrNO9/c29-12-6-4-11(5-7-12)8-13(31)9-15-16-10-18(33)21(27(30)38)25(36)28(16,39)26(37)22-20(15)23(34)14-2-1-3-17(32)19(14)24(22)35/h1-7,15-16,20,23,32,34-36,39H,8-10H2,(H2,30,38)/t15-,16-,20+,23+,28-/m1/s1. The molecule has 0 heterocycles. The monoisotopic (exact) mass is 597 g/mol. The van der Waals surface area contributed by atoms with Crippen molar-refractivity contribution in [2.75, 3.05) is 0 Å². The zero-order valence-corrected chi connectivity index (χ0v) is 21.9. The molecule has 0 radical (unpaired) electrons. The number of nitrogens with two attached hydrogens (primary N) is 1. The van der Waals surface area contributed by atoms with E-state index in [1.54, 1.807) is 24.3 Å². The minimum Gasteiger partial charge on any atom is -0.508 e. The summed E-state index contributed by atoms with van der Waals surface area (Å²) in [5.74, 6) is -10.2. The first-order valence-corrected chi connectivity index (χ1v) is 12.9. The van der Waals surface area contributed by atoms with Crippen molar-refractivity contribution in [2.45, 2.75) is 31.0 Å². The van der Waals surface area contributed by atoms with Crippen molar-refractivity contribution < 1.29 is 44.7 Å². The maximum absolute atomic E-state index is 13.8. The van der Waals surface area contributed by atoms with E-state index >= 15 is 0 Å². The van der Waals surface area contributed by atoms with Crippen LogP contribution in [0, 0.1) is 17.8 Å². The third-order valence-corrected chi connectivity index (χ3v) is 8.50. The molecule has 11 heteroatoms. The summed E-state index contributed by atoms with van der Waals surface area (Å²) in [7, 11) is 0. The smallest absolute Gasteiger partial charge is 0.255 e. The number of amides is 1. The maximum atomic E-state index is 13.8. The van der Waals surface area contributed by atoms with E-state index in [0.717, 1.165) is 4.47 Å². The van der Waals surface area contributed by atoms with Gasteiger partial charge in [0, 0.05) is 41.1 Å². The number of aliphatic hydroxyl groups excluding tert-OH is 3. The number of hydrogen-bond donors (Lipinski definition) is 6. The van der Waals surface area contributed by atoms with Crippen molar-refractivity contribution in [3.05, 3.63) is 80.5 Å². The maximum Gasteiger partial charge on any atom is 0.255 e. The summed E-state index contributed by atoms with van der Waals surface area (Å²) in [5.41, 5.74) is 1.42. The number of Topliss-reactive ketones (excluding diaryl/α,β-unsaturated/α-hetero) is 3. The molecule has 1 fully saturated rings. The Bertz CT molecular complexity index is 1510. The molecule has 5 rings (SSSR count). The Morgan fingerprint density at radius 2 is 1.72 bits per heavy atom. The predicted molar refractivity (Wildman–Crippen MR) is 139 cm³/mol. The molecule has 0 saturated heterocycles. The molecule has 0 bridgehead atoms. The van der Waals surface area contributed by atoms with Gasteiger partial charge < -0.3 is 31.3 Å². The zero-order valence-electron chi connectivity index (χ0n) is 20.3. The van der Waals surface area contributed by atoms with Gasteiger partial charge in [0.15, 0.2) is 11.4 Å². The van der Waals surface area contributed by atoms with Gasteiger partial charge in [-0.3, -0.25) is 19.2 Å². The molecule has 7 N–H and O–H groups in total. The summed E-state index contributed by atoms with van der Waals surface area (Å²) >= 11 is 3.32. The lowest BCUT2D eigenvalue weighted by molar-refractivity contribution is -0.158. The molecule has 3 aliphatic rings. The van der Waals surface area contributed by atoms with Gasteiger partial charge >= 0.3 is 0 Å². The predicted octanol–water partition coefficient (Wildman–Crippen LogP) is 2.11. The second-order valence-electron chi connectivity index (χ2n) is 10.1. The van der Waals surface area contributed by atoms with Crippen LogP contribution in [0.1, 0.15) is 35.6 Å². The molecular weight excluding hydrogens is 574 g/mol. The molecule has 202 valence electrons. The highest BCUT2D eigenvalue weighted by atomic mass is 79.9. The normalized spacial score (nSPS) is 28.1. The highest BCUT2D eigenvalue weighted by Crippen LogP contribution is 2.58. The SMILES string of the molecule is NC(=O)C1=C(O)[C@@]2(O)C(=O)C3=C(O)c4c(O)cccc4[C@H](O)[C@H]3[C@H](CC(=O)Cc3ccc(Br)cc3)[C@H]2CC1=O. The summed E-state index contributed by atoms with van der Waals surface area (Å²) in [4.78, 5) is 52.0. The Morgan fingerprint density at radius 3 is 2.36 bits per heavy atom. The Labute approximate surface area is 230 Å². The average molecular weight is 598 g/mol. The van der Waals surface area contributed by atoms with E-state index in [1.807, 2.05) is 0 Å². The number of ketones is 3. The van der Waals surface area contributed by atoms with Crippen LogP contribution in [0.4, 0.5) is 0 Å². The molecule has 2 aromatic rings. The van der Waals surface area contributed by atoms with Crippen molar-refractivity contribution >= 4 is 44.9 Å². The molecule has 0 unspecified atom stereocenters. The van der Waals surface area contributed by atoms with Crippen LogP contribution in [0.15, 0.2) is 63.8 Å². The largest absolute Gasteiger partial charge is 0.508 e. The van der Waals surface area contributed by atoms with Gasteiger partial charge in [-0.15, -0.1) is 0 Å². The number of phenols is 1. The van der Waals surface area contributed by atoms with Crippen molar-refractivity contribution in [1.82, 2.24) is 0 Å². The second kappa shape index (κ2) is 9.44. The third kappa shape index (κ3) is 4.00. The highest BCUT2D eigenvalue weighted by molar-refractivity contribution is 9.10. The van der Waals surface area contributed by atoms with Crippen LogP contribution in [0.5, 0.6) is 5.75 Å².